The predicted octanol–water partition coefficient (Wildman–Crippen LogP) is 2.98. The molecule has 134 valence electrons. The van der Waals surface area contributed by atoms with Crippen molar-refractivity contribution < 1.29 is 9.84 Å². The molecule has 0 aliphatic carbocycles. The van der Waals surface area contributed by atoms with Crippen molar-refractivity contribution in [2.45, 2.75) is 45.4 Å². The van der Waals surface area contributed by atoms with Gasteiger partial charge in [0.05, 0.1) is 23.7 Å². The summed E-state index contributed by atoms with van der Waals surface area (Å²) in [5.74, 6) is 0. The molecular formula is C17H25N5O2Si. The average Bonchev–Trinajstić information content (AvgIpc) is 3.19. The van der Waals surface area contributed by atoms with Crippen molar-refractivity contribution >= 4 is 19.1 Å². The van der Waals surface area contributed by atoms with Crippen LogP contribution in [-0.2, 0) is 11.5 Å². The van der Waals surface area contributed by atoms with Crippen molar-refractivity contribution in [3.8, 4) is 5.69 Å². The third-order valence-electron chi connectivity index (χ3n) is 3.98. The van der Waals surface area contributed by atoms with Gasteiger partial charge < -0.3 is 9.84 Å². The largest absolute Gasteiger partial charge is 0.387 e. The van der Waals surface area contributed by atoms with Gasteiger partial charge in [-0.1, -0.05) is 19.6 Å². The summed E-state index contributed by atoms with van der Waals surface area (Å²) < 4.78 is 9.22. The standard InChI is InChI=1S/C17H25N5O2Si/c1-13(23)16-15(21-7-5-6-18-21)10-14-11-19-22(17(14)20-16)12-24-8-9-25(2,3)4/h5-7,10-11,13,23H,8-9,12H2,1-4H3. The molecule has 0 aromatic carbocycles. The summed E-state index contributed by atoms with van der Waals surface area (Å²) in [5, 5.41) is 19.7. The van der Waals surface area contributed by atoms with Crippen LogP contribution in [0.2, 0.25) is 25.7 Å². The van der Waals surface area contributed by atoms with Crippen LogP contribution >= 0.6 is 0 Å². The van der Waals surface area contributed by atoms with Gasteiger partial charge in [0.25, 0.3) is 0 Å². The zero-order chi connectivity index (χ0) is 18.0. The van der Waals surface area contributed by atoms with E-state index in [0.717, 1.165) is 23.7 Å². The second kappa shape index (κ2) is 7.07. The number of nitrogens with zero attached hydrogens (tertiary/aromatic N) is 5. The average molecular weight is 360 g/mol. The van der Waals surface area contributed by atoms with E-state index in [2.05, 4.69) is 34.8 Å². The minimum absolute atomic E-state index is 0.362. The minimum Gasteiger partial charge on any atom is -0.387 e. The highest BCUT2D eigenvalue weighted by Gasteiger charge is 2.17. The quantitative estimate of drug-likeness (QED) is 0.518. The first-order valence-electron chi connectivity index (χ1n) is 8.47. The molecule has 0 saturated carbocycles. The molecular weight excluding hydrogens is 334 g/mol. The Morgan fingerprint density at radius 2 is 2.08 bits per heavy atom. The Morgan fingerprint density at radius 3 is 2.72 bits per heavy atom. The molecule has 3 heterocycles. The van der Waals surface area contributed by atoms with E-state index in [9.17, 15) is 5.11 Å². The Balaban J connectivity index is 1.86. The highest BCUT2D eigenvalue weighted by molar-refractivity contribution is 6.76. The molecule has 25 heavy (non-hydrogen) atoms. The second-order valence-corrected chi connectivity index (χ2v) is 13.0. The maximum absolute atomic E-state index is 10.1. The summed E-state index contributed by atoms with van der Waals surface area (Å²) in [4.78, 5) is 4.64. The molecule has 0 bridgehead atoms. The number of rotatable bonds is 7. The number of aliphatic hydroxyl groups is 1. The lowest BCUT2D eigenvalue weighted by atomic mass is 10.2. The van der Waals surface area contributed by atoms with Gasteiger partial charge in [0.2, 0.25) is 0 Å². The molecule has 1 atom stereocenters. The Morgan fingerprint density at radius 1 is 1.28 bits per heavy atom. The van der Waals surface area contributed by atoms with Crippen LogP contribution < -0.4 is 0 Å². The van der Waals surface area contributed by atoms with E-state index in [0.29, 0.717) is 18.1 Å². The Kier molecular flexibility index (Phi) is 5.03. The van der Waals surface area contributed by atoms with E-state index >= 15 is 0 Å². The fourth-order valence-electron chi connectivity index (χ4n) is 2.54. The van der Waals surface area contributed by atoms with Gasteiger partial charge in [-0.3, -0.25) is 0 Å². The highest BCUT2D eigenvalue weighted by atomic mass is 28.3. The molecule has 0 fully saturated rings. The lowest BCUT2D eigenvalue weighted by Gasteiger charge is -2.15. The first-order chi connectivity index (χ1) is 11.8. The first-order valence-corrected chi connectivity index (χ1v) is 12.2. The van der Waals surface area contributed by atoms with E-state index in [1.807, 2.05) is 18.3 Å². The van der Waals surface area contributed by atoms with E-state index in [4.69, 9.17) is 4.74 Å². The van der Waals surface area contributed by atoms with Crippen LogP contribution in [0, 0.1) is 0 Å². The Labute approximate surface area is 148 Å². The molecule has 0 aliphatic rings. The SMILES string of the molecule is CC(O)c1nc2c(cnn2COCC[Si](C)(C)C)cc1-n1cccn1. The Hall–Kier alpha value is -2.03. The van der Waals surface area contributed by atoms with Crippen LogP contribution in [0.5, 0.6) is 0 Å². The summed E-state index contributed by atoms with van der Waals surface area (Å²) in [5.41, 5.74) is 2.03. The van der Waals surface area contributed by atoms with Gasteiger partial charge in [0, 0.05) is 32.5 Å². The summed E-state index contributed by atoms with van der Waals surface area (Å²) >= 11 is 0. The summed E-state index contributed by atoms with van der Waals surface area (Å²) in [7, 11) is -1.11. The van der Waals surface area contributed by atoms with E-state index in [1.165, 1.54) is 0 Å². The van der Waals surface area contributed by atoms with E-state index in [1.54, 1.807) is 28.7 Å². The molecule has 8 heteroatoms. The fraction of sp³-hybridized carbons (Fsp3) is 0.471. The maximum atomic E-state index is 10.1. The molecule has 0 amide bonds. The minimum atomic E-state index is -1.11. The fourth-order valence-corrected chi connectivity index (χ4v) is 3.29. The van der Waals surface area contributed by atoms with Gasteiger partial charge in [0.15, 0.2) is 5.65 Å². The van der Waals surface area contributed by atoms with Crippen LogP contribution in [-0.4, -0.2) is 44.3 Å². The lowest BCUT2D eigenvalue weighted by molar-refractivity contribution is 0.0812. The zero-order valence-electron chi connectivity index (χ0n) is 15.2. The molecule has 0 aliphatic heterocycles. The smallest absolute Gasteiger partial charge is 0.160 e. The van der Waals surface area contributed by atoms with Gasteiger partial charge in [-0.15, -0.1) is 0 Å². The molecule has 0 saturated heterocycles. The number of ether oxygens (including phenoxy) is 1. The number of hydrogen-bond acceptors (Lipinski definition) is 5. The molecule has 3 rings (SSSR count). The van der Waals surface area contributed by atoms with Crippen LogP contribution in [0.1, 0.15) is 18.7 Å². The van der Waals surface area contributed by atoms with Crippen LogP contribution in [0.15, 0.2) is 30.7 Å². The molecule has 3 aromatic rings. The summed E-state index contributed by atoms with van der Waals surface area (Å²) in [6.45, 7) is 9.77. The van der Waals surface area contributed by atoms with E-state index in [-0.39, 0.29) is 0 Å². The number of aromatic nitrogens is 5. The summed E-state index contributed by atoms with van der Waals surface area (Å²) in [6, 6.07) is 4.90. The first kappa shape index (κ1) is 17.8. The topological polar surface area (TPSA) is 78.0 Å². The van der Waals surface area contributed by atoms with Gasteiger partial charge in [-0.25, -0.2) is 14.3 Å². The molecule has 1 unspecified atom stereocenters. The van der Waals surface area contributed by atoms with Gasteiger partial charge in [-0.2, -0.15) is 10.2 Å². The monoisotopic (exact) mass is 359 g/mol. The normalized spacial score (nSPS) is 13.5. The van der Waals surface area contributed by atoms with Crippen molar-refractivity contribution in [2.75, 3.05) is 6.61 Å². The molecule has 1 N–H and O–H groups in total. The van der Waals surface area contributed by atoms with Crippen molar-refractivity contribution in [2.24, 2.45) is 0 Å². The van der Waals surface area contributed by atoms with Gasteiger partial charge in [0.1, 0.15) is 6.73 Å². The van der Waals surface area contributed by atoms with Crippen molar-refractivity contribution in [1.29, 1.82) is 0 Å². The third-order valence-corrected chi connectivity index (χ3v) is 5.68. The number of aliphatic hydroxyl groups excluding tert-OH is 1. The number of pyridine rings is 1. The van der Waals surface area contributed by atoms with Crippen molar-refractivity contribution in [3.63, 3.8) is 0 Å². The predicted molar refractivity (Wildman–Crippen MR) is 99.4 cm³/mol. The van der Waals surface area contributed by atoms with E-state index < -0.39 is 14.2 Å². The van der Waals surface area contributed by atoms with Crippen LogP contribution in [0.3, 0.4) is 0 Å². The Bertz CT molecular complexity index is 837. The number of fused-ring (bicyclic) bond motifs is 1. The van der Waals surface area contributed by atoms with Gasteiger partial charge >= 0.3 is 0 Å². The van der Waals surface area contributed by atoms with Crippen LogP contribution in [0.25, 0.3) is 16.7 Å². The van der Waals surface area contributed by atoms with Gasteiger partial charge in [-0.05, 0) is 25.1 Å². The zero-order valence-corrected chi connectivity index (χ0v) is 16.2. The summed E-state index contributed by atoms with van der Waals surface area (Å²) in [6.07, 6.45) is 4.59. The van der Waals surface area contributed by atoms with Crippen molar-refractivity contribution in [3.05, 3.63) is 36.4 Å². The third kappa shape index (κ3) is 4.14. The lowest BCUT2D eigenvalue weighted by Crippen LogP contribution is -2.22. The van der Waals surface area contributed by atoms with Crippen LogP contribution in [0.4, 0.5) is 0 Å². The van der Waals surface area contributed by atoms with Crippen molar-refractivity contribution in [1.82, 2.24) is 24.5 Å². The maximum Gasteiger partial charge on any atom is 0.160 e. The number of hydrogen-bond donors (Lipinski definition) is 1. The molecule has 0 radical (unpaired) electrons. The molecule has 0 spiro atoms. The molecule has 3 aromatic heterocycles. The molecule has 7 nitrogen and oxygen atoms in total. The second-order valence-electron chi connectivity index (χ2n) is 7.42. The highest BCUT2D eigenvalue weighted by Crippen LogP contribution is 2.24.